The van der Waals surface area contributed by atoms with Crippen LogP contribution in [0, 0.1) is 5.92 Å². The van der Waals surface area contributed by atoms with Gasteiger partial charge in [0, 0.05) is 17.8 Å². The zero-order chi connectivity index (χ0) is 17.9. The van der Waals surface area contributed by atoms with E-state index in [-0.39, 0.29) is 5.76 Å². The van der Waals surface area contributed by atoms with Crippen molar-refractivity contribution in [1.29, 1.82) is 0 Å². The molecule has 1 aliphatic carbocycles. The summed E-state index contributed by atoms with van der Waals surface area (Å²) in [5.74, 6) is 0.126. The Morgan fingerprint density at radius 3 is 2.40 bits per heavy atom. The summed E-state index contributed by atoms with van der Waals surface area (Å²) >= 11 is 0. The maximum Gasteiger partial charge on any atom is 0.334 e. The summed E-state index contributed by atoms with van der Waals surface area (Å²) in [6.07, 6.45) is 9.67. The molecule has 0 aromatic carbocycles. The van der Waals surface area contributed by atoms with E-state index in [0.717, 1.165) is 49.9 Å². The van der Waals surface area contributed by atoms with Crippen molar-refractivity contribution in [3.8, 4) is 0 Å². The SMILES string of the molecule is CCc1cc(CC[C@]2(C3CCCC3)CC(O)=CC(=O)O2)cc(CC)n1. The van der Waals surface area contributed by atoms with Crippen LogP contribution in [0.15, 0.2) is 24.0 Å². The number of pyridine rings is 1. The first-order valence-electron chi connectivity index (χ1n) is 9.66. The van der Waals surface area contributed by atoms with Crippen molar-refractivity contribution in [1.82, 2.24) is 4.98 Å². The maximum absolute atomic E-state index is 12.0. The van der Waals surface area contributed by atoms with Crippen molar-refractivity contribution in [2.24, 2.45) is 5.92 Å². The third-order valence-corrected chi connectivity index (χ3v) is 5.72. The lowest BCUT2D eigenvalue weighted by Gasteiger charge is -2.40. The minimum Gasteiger partial charge on any atom is -0.512 e. The lowest BCUT2D eigenvalue weighted by molar-refractivity contribution is -0.165. The monoisotopic (exact) mass is 343 g/mol. The van der Waals surface area contributed by atoms with Gasteiger partial charge in [0.05, 0.1) is 6.08 Å². The number of aryl methyl sites for hydroxylation is 3. The molecular formula is C21H29NO3. The lowest BCUT2D eigenvalue weighted by atomic mass is 9.77. The van der Waals surface area contributed by atoms with Gasteiger partial charge in [-0.15, -0.1) is 0 Å². The molecule has 4 heteroatoms. The average Bonchev–Trinajstić information content (AvgIpc) is 3.14. The predicted octanol–water partition coefficient (Wildman–Crippen LogP) is 4.46. The van der Waals surface area contributed by atoms with Crippen LogP contribution < -0.4 is 0 Å². The molecule has 3 rings (SSSR count). The van der Waals surface area contributed by atoms with Crippen molar-refractivity contribution in [2.45, 2.75) is 77.2 Å². The van der Waals surface area contributed by atoms with Crippen molar-refractivity contribution in [3.05, 3.63) is 40.9 Å². The molecule has 0 radical (unpaired) electrons. The first-order chi connectivity index (χ1) is 12.0. The van der Waals surface area contributed by atoms with Gasteiger partial charge in [0.25, 0.3) is 0 Å². The minimum atomic E-state index is -0.547. The van der Waals surface area contributed by atoms with E-state index >= 15 is 0 Å². The van der Waals surface area contributed by atoms with E-state index in [1.807, 2.05) is 0 Å². The van der Waals surface area contributed by atoms with Gasteiger partial charge in [-0.3, -0.25) is 4.98 Å². The standard InChI is InChI=1S/C21H29NO3/c1-3-17-11-15(12-18(4-2)22-17)9-10-21(16-7-5-6-8-16)14-19(23)13-20(24)25-21/h11-13,16,23H,3-10,14H2,1-2H3/t21-/m1/s1. The number of cyclic esters (lactones) is 1. The maximum atomic E-state index is 12.0. The third-order valence-electron chi connectivity index (χ3n) is 5.72. The average molecular weight is 343 g/mol. The van der Waals surface area contributed by atoms with E-state index in [2.05, 4.69) is 31.0 Å². The molecule has 1 aromatic rings. The predicted molar refractivity (Wildman–Crippen MR) is 97.4 cm³/mol. The summed E-state index contributed by atoms with van der Waals surface area (Å²) in [7, 11) is 0. The highest BCUT2D eigenvalue weighted by molar-refractivity contribution is 5.83. The Labute approximate surface area is 150 Å². The van der Waals surface area contributed by atoms with Gasteiger partial charge in [-0.05, 0) is 62.1 Å². The highest BCUT2D eigenvalue weighted by Crippen LogP contribution is 2.44. The van der Waals surface area contributed by atoms with Gasteiger partial charge in [-0.2, -0.15) is 0 Å². The molecule has 2 aliphatic rings. The van der Waals surface area contributed by atoms with E-state index in [4.69, 9.17) is 4.74 Å². The van der Waals surface area contributed by atoms with Crippen molar-refractivity contribution in [3.63, 3.8) is 0 Å². The summed E-state index contributed by atoms with van der Waals surface area (Å²) in [6.45, 7) is 4.24. The molecule has 1 saturated carbocycles. The van der Waals surface area contributed by atoms with Gasteiger partial charge in [-0.1, -0.05) is 26.7 Å². The van der Waals surface area contributed by atoms with Crippen LogP contribution in [0.5, 0.6) is 0 Å². The van der Waals surface area contributed by atoms with E-state index in [0.29, 0.717) is 12.3 Å². The highest BCUT2D eigenvalue weighted by Gasteiger charge is 2.45. The summed E-state index contributed by atoms with van der Waals surface area (Å²) in [6, 6.07) is 4.34. The number of nitrogens with zero attached hydrogens (tertiary/aromatic N) is 1. The van der Waals surface area contributed by atoms with Gasteiger partial charge in [-0.25, -0.2) is 4.79 Å². The van der Waals surface area contributed by atoms with Gasteiger partial charge < -0.3 is 9.84 Å². The first-order valence-corrected chi connectivity index (χ1v) is 9.66. The van der Waals surface area contributed by atoms with Crippen LogP contribution in [0.3, 0.4) is 0 Å². The number of carbonyl (C=O) groups excluding carboxylic acids is 1. The number of hydrogen-bond acceptors (Lipinski definition) is 4. The van der Waals surface area contributed by atoms with E-state index in [1.165, 1.54) is 24.5 Å². The molecule has 1 aliphatic heterocycles. The van der Waals surface area contributed by atoms with Crippen molar-refractivity contribution in [2.75, 3.05) is 0 Å². The molecule has 1 N–H and O–H groups in total. The van der Waals surface area contributed by atoms with Crippen LogP contribution >= 0.6 is 0 Å². The van der Waals surface area contributed by atoms with Gasteiger partial charge in [0.15, 0.2) is 0 Å². The number of rotatable bonds is 6. The molecule has 0 amide bonds. The fraction of sp³-hybridized carbons (Fsp3) is 0.619. The van der Waals surface area contributed by atoms with Crippen LogP contribution in [0.4, 0.5) is 0 Å². The molecule has 0 saturated heterocycles. The zero-order valence-corrected chi connectivity index (χ0v) is 15.4. The van der Waals surface area contributed by atoms with Crippen LogP contribution in [-0.4, -0.2) is 21.7 Å². The van der Waals surface area contributed by atoms with Crippen LogP contribution in [0.25, 0.3) is 0 Å². The largest absolute Gasteiger partial charge is 0.512 e. The summed E-state index contributed by atoms with van der Waals surface area (Å²) < 4.78 is 5.87. The lowest BCUT2D eigenvalue weighted by Crippen LogP contribution is -2.44. The molecule has 0 unspecified atom stereocenters. The first kappa shape index (κ1) is 18.0. The number of carbonyl (C=O) groups is 1. The van der Waals surface area contributed by atoms with Gasteiger partial charge >= 0.3 is 5.97 Å². The molecule has 4 nitrogen and oxygen atoms in total. The van der Waals surface area contributed by atoms with Crippen LogP contribution in [0.1, 0.15) is 69.3 Å². The number of aliphatic hydroxyl groups excluding tert-OH is 1. The number of hydrogen-bond donors (Lipinski definition) is 1. The van der Waals surface area contributed by atoms with Crippen LogP contribution in [-0.2, 0) is 28.8 Å². The molecule has 0 spiro atoms. The van der Waals surface area contributed by atoms with Gasteiger partial charge in [0.1, 0.15) is 11.4 Å². The van der Waals surface area contributed by atoms with E-state index < -0.39 is 11.6 Å². The van der Waals surface area contributed by atoms with E-state index in [1.54, 1.807) is 0 Å². The third kappa shape index (κ3) is 4.05. The Bertz CT molecular complexity index is 639. The highest BCUT2D eigenvalue weighted by atomic mass is 16.6. The Kier molecular flexibility index (Phi) is 5.45. The number of aromatic nitrogens is 1. The normalized spacial score (nSPS) is 24.2. The molecule has 25 heavy (non-hydrogen) atoms. The fourth-order valence-electron chi connectivity index (χ4n) is 4.36. The summed E-state index contributed by atoms with van der Waals surface area (Å²) in [4.78, 5) is 16.6. The fourth-order valence-corrected chi connectivity index (χ4v) is 4.36. The van der Waals surface area contributed by atoms with Crippen LogP contribution in [0.2, 0.25) is 0 Å². The molecule has 1 fully saturated rings. The topological polar surface area (TPSA) is 59.4 Å². The Hall–Kier alpha value is -1.84. The summed E-state index contributed by atoms with van der Waals surface area (Å²) in [5, 5.41) is 10.1. The Morgan fingerprint density at radius 2 is 1.84 bits per heavy atom. The van der Waals surface area contributed by atoms with Crippen molar-refractivity contribution < 1.29 is 14.6 Å². The Morgan fingerprint density at radius 1 is 1.20 bits per heavy atom. The number of esters is 1. The quantitative estimate of drug-likeness (QED) is 0.775. The second kappa shape index (κ2) is 7.59. The second-order valence-electron chi connectivity index (χ2n) is 7.44. The smallest absolute Gasteiger partial charge is 0.334 e. The number of aliphatic hydroxyl groups is 1. The molecule has 136 valence electrons. The minimum absolute atomic E-state index is 0.168. The molecule has 2 heterocycles. The second-order valence-corrected chi connectivity index (χ2v) is 7.44. The Balaban J connectivity index is 1.82. The van der Waals surface area contributed by atoms with Crippen molar-refractivity contribution >= 4 is 5.97 Å². The summed E-state index contributed by atoms with van der Waals surface area (Å²) in [5.41, 5.74) is 2.94. The van der Waals surface area contributed by atoms with E-state index in [9.17, 15) is 9.90 Å². The molecule has 1 aromatic heterocycles. The zero-order valence-electron chi connectivity index (χ0n) is 15.4. The molecular weight excluding hydrogens is 314 g/mol. The van der Waals surface area contributed by atoms with Gasteiger partial charge in [0.2, 0.25) is 0 Å². The molecule has 0 bridgehead atoms. The number of ether oxygens (including phenoxy) is 1. The molecule has 1 atom stereocenters.